The predicted octanol–water partition coefficient (Wildman–Crippen LogP) is 5.93. The second-order valence-electron chi connectivity index (χ2n) is 7.34. The molecule has 0 N–H and O–H groups in total. The SMILES string of the molecule is CN1C(=O)C2=C(c3ccc(-c4cc[c-]s4)s3)N(C)C(=O)C2=C1c1ccc(-c2cc[c-]s2)s1.[Y].[Y]. The number of thiophene rings is 4. The molecule has 2 aliphatic heterocycles. The van der Waals surface area contributed by atoms with Gasteiger partial charge in [-0.25, -0.2) is 0 Å². The Balaban J connectivity index is 0.00000137. The molecule has 0 unspecified atom stereocenters. The molecule has 4 nitrogen and oxygen atoms in total. The predicted molar refractivity (Wildman–Crippen MR) is 132 cm³/mol. The van der Waals surface area contributed by atoms with E-state index < -0.39 is 0 Å². The van der Waals surface area contributed by atoms with Gasteiger partial charge < -0.3 is 9.80 Å². The maximum absolute atomic E-state index is 13.4. The molecule has 164 valence electrons. The van der Waals surface area contributed by atoms with Crippen LogP contribution in [0, 0.1) is 10.8 Å². The van der Waals surface area contributed by atoms with E-state index in [4.69, 9.17) is 0 Å². The molecule has 6 heterocycles. The fraction of sp³-hybridized carbons (Fsp3) is 0.0833. The topological polar surface area (TPSA) is 40.6 Å². The van der Waals surface area contributed by atoms with Gasteiger partial charge in [-0.1, -0.05) is 12.1 Å². The van der Waals surface area contributed by atoms with Gasteiger partial charge in [-0.2, -0.15) is 24.3 Å². The molecular formula is C24H14N2O2S4Y2-2. The fourth-order valence-electron chi connectivity index (χ4n) is 4.05. The summed E-state index contributed by atoms with van der Waals surface area (Å²) in [7, 11) is 3.50. The van der Waals surface area contributed by atoms with Crippen LogP contribution < -0.4 is 0 Å². The average molecular weight is 668 g/mol. The Bertz CT molecular complexity index is 1330. The number of nitrogens with zero attached hydrogens (tertiary/aromatic N) is 2. The van der Waals surface area contributed by atoms with Crippen LogP contribution in [0.1, 0.15) is 9.75 Å². The third-order valence-corrected chi connectivity index (χ3v) is 9.71. The third-order valence-electron chi connectivity index (χ3n) is 5.54. The van der Waals surface area contributed by atoms with Crippen molar-refractivity contribution in [1.29, 1.82) is 0 Å². The zero-order valence-electron chi connectivity index (χ0n) is 18.1. The van der Waals surface area contributed by atoms with Gasteiger partial charge in [-0.15, -0.1) is 43.2 Å². The van der Waals surface area contributed by atoms with Gasteiger partial charge in [0.25, 0.3) is 11.8 Å². The first-order valence-electron chi connectivity index (χ1n) is 9.72. The van der Waals surface area contributed by atoms with Gasteiger partial charge in [0, 0.05) is 79.5 Å². The number of carbonyl (C=O) groups excluding carboxylic acids is 2. The molecule has 4 aromatic rings. The molecule has 0 aliphatic carbocycles. The van der Waals surface area contributed by atoms with Gasteiger partial charge in [0.1, 0.15) is 0 Å². The van der Waals surface area contributed by atoms with Gasteiger partial charge >= 0.3 is 0 Å². The zero-order chi connectivity index (χ0) is 22.0. The van der Waals surface area contributed by atoms with E-state index in [1.165, 1.54) is 0 Å². The number of rotatable bonds is 4. The second-order valence-corrected chi connectivity index (χ2v) is 11.3. The van der Waals surface area contributed by atoms with Crippen LogP contribution in [-0.4, -0.2) is 35.7 Å². The van der Waals surface area contributed by atoms with E-state index in [0.29, 0.717) is 22.5 Å². The second kappa shape index (κ2) is 10.4. The maximum Gasteiger partial charge on any atom is 0.261 e. The van der Waals surface area contributed by atoms with Gasteiger partial charge in [-0.05, 0) is 21.9 Å². The monoisotopic (exact) mass is 668 g/mol. The Kier molecular flexibility index (Phi) is 8.12. The largest absolute Gasteiger partial charge is 0.309 e. The first kappa shape index (κ1) is 26.5. The number of likely N-dealkylation sites (N-methyl/N-ethyl adjacent to an activating group) is 2. The molecule has 4 aromatic heterocycles. The Morgan fingerprint density at radius 3 is 1.32 bits per heavy atom. The molecule has 0 bridgehead atoms. The summed E-state index contributed by atoms with van der Waals surface area (Å²) >= 11 is 6.30. The third kappa shape index (κ3) is 4.18. The summed E-state index contributed by atoms with van der Waals surface area (Å²) in [5.74, 6) is -0.275. The summed E-state index contributed by atoms with van der Waals surface area (Å²) in [6.07, 6.45) is 0. The number of fused-ring (bicyclic) bond motifs is 1. The van der Waals surface area contributed by atoms with Crippen LogP contribution in [0.15, 0.2) is 59.7 Å². The van der Waals surface area contributed by atoms with Crippen molar-refractivity contribution in [2.24, 2.45) is 0 Å². The number of amides is 2. The molecule has 0 atom stereocenters. The summed E-state index contributed by atoms with van der Waals surface area (Å²) < 4.78 is 0. The minimum atomic E-state index is -0.137. The number of hydrogen-bond acceptors (Lipinski definition) is 6. The summed E-state index contributed by atoms with van der Waals surface area (Å²) in [4.78, 5) is 36.3. The van der Waals surface area contributed by atoms with E-state index >= 15 is 0 Å². The number of hydrogen-bond donors (Lipinski definition) is 0. The van der Waals surface area contributed by atoms with Crippen molar-refractivity contribution in [3.63, 3.8) is 0 Å². The van der Waals surface area contributed by atoms with Crippen LogP contribution in [-0.2, 0) is 75.0 Å². The first-order valence-corrected chi connectivity index (χ1v) is 13.0. The standard InChI is InChI=1S/C24H14N2O2S4.2Y/c1-25-21(17-9-7-15(31-17)13-5-3-11-29-13)19-20(23(25)27)22(26(2)24(19)28)18-10-8-16(32-18)14-6-4-12-30-14;;/h3-10H,1-2H3;;/q-2;;. The van der Waals surface area contributed by atoms with E-state index in [1.54, 1.807) is 69.2 Å². The van der Waals surface area contributed by atoms with Crippen LogP contribution in [0.2, 0.25) is 0 Å². The summed E-state index contributed by atoms with van der Waals surface area (Å²) in [5.41, 5.74) is 2.39. The molecule has 0 spiro atoms. The molecule has 0 saturated carbocycles. The van der Waals surface area contributed by atoms with Crippen molar-refractivity contribution < 1.29 is 75.0 Å². The molecule has 0 aromatic carbocycles. The van der Waals surface area contributed by atoms with Gasteiger partial charge in [-0.3, -0.25) is 32.3 Å². The summed E-state index contributed by atoms with van der Waals surface area (Å²) in [6.45, 7) is 0. The minimum Gasteiger partial charge on any atom is -0.309 e. The summed E-state index contributed by atoms with van der Waals surface area (Å²) in [5, 5.41) is 6.22. The van der Waals surface area contributed by atoms with Crippen molar-refractivity contribution in [2.45, 2.75) is 0 Å². The fourth-order valence-corrected chi connectivity index (χ4v) is 7.71. The Labute approximate surface area is 263 Å². The zero-order valence-corrected chi connectivity index (χ0v) is 27.1. The van der Waals surface area contributed by atoms with Crippen molar-refractivity contribution in [2.75, 3.05) is 14.1 Å². The van der Waals surface area contributed by atoms with E-state index in [0.717, 1.165) is 29.3 Å². The van der Waals surface area contributed by atoms with E-state index in [2.05, 4.69) is 10.8 Å². The van der Waals surface area contributed by atoms with E-state index in [1.807, 2.05) is 48.5 Å². The normalized spacial score (nSPS) is 15.2. The van der Waals surface area contributed by atoms with Gasteiger partial charge in [0.15, 0.2) is 0 Å². The Morgan fingerprint density at radius 1 is 0.588 bits per heavy atom. The molecule has 0 fully saturated rings. The molecular weight excluding hydrogens is 654 g/mol. The number of carbonyl (C=O) groups is 2. The average Bonchev–Trinajstić information content (AvgIpc) is 3.59. The van der Waals surface area contributed by atoms with Crippen LogP contribution >= 0.6 is 45.3 Å². The molecule has 2 aliphatic rings. The van der Waals surface area contributed by atoms with Crippen molar-refractivity contribution in [1.82, 2.24) is 9.80 Å². The quantitative estimate of drug-likeness (QED) is 0.253. The van der Waals surface area contributed by atoms with E-state index in [-0.39, 0.29) is 77.2 Å². The molecule has 10 heteroatoms. The van der Waals surface area contributed by atoms with Gasteiger partial charge in [0.05, 0.1) is 32.3 Å². The smallest absolute Gasteiger partial charge is 0.261 e. The molecule has 2 radical (unpaired) electrons. The maximum atomic E-state index is 13.4. The van der Waals surface area contributed by atoms with Crippen molar-refractivity contribution in [3.8, 4) is 19.5 Å². The first-order chi connectivity index (χ1) is 15.5. The minimum absolute atomic E-state index is 0. The van der Waals surface area contributed by atoms with E-state index in [9.17, 15) is 9.59 Å². The van der Waals surface area contributed by atoms with Crippen LogP contribution in [0.25, 0.3) is 30.9 Å². The summed E-state index contributed by atoms with van der Waals surface area (Å²) in [6, 6.07) is 15.9. The van der Waals surface area contributed by atoms with Crippen LogP contribution in [0.4, 0.5) is 0 Å². The Morgan fingerprint density at radius 2 is 0.971 bits per heavy atom. The molecule has 0 saturated heterocycles. The van der Waals surface area contributed by atoms with Gasteiger partial charge in [0.2, 0.25) is 0 Å². The van der Waals surface area contributed by atoms with Crippen molar-refractivity contribution >= 4 is 68.6 Å². The molecule has 34 heavy (non-hydrogen) atoms. The van der Waals surface area contributed by atoms with Crippen LogP contribution in [0.3, 0.4) is 0 Å². The van der Waals surface area contributed by atoms with Crippen LogP contribution in [0.5, 0.6) is 0 Å². The molecule has 2 amide bonds. The van der Waals surface area contributed by atoms with Crippen molar-refractivity contribution in [3.05, 3.63) is 80.2 Å². The molecule has 6 rings (SSSR count). The Hall–Kier alpha value is -0.572.